The lowest BCUT2D eigenvalue weighted by Crippen LogP contribution is -2.41. The van der Waals surface area contributed by atoms with E-state index >= 15 is 0 Å². The molecule has 27 heavy (non-hydrogen) atoms. The Morgan fingerprint density at radius 1 is 1.22 bits per heavy atom. The van der Waals surface area contributed by atoms with Gasteiger partial charge in [0.25, 0.3) is 0 Å². The minimum atomic E-state index is -3.56. The van der Waals surface area contributed by atoms with Gasteiger partial charge in [0.05, 0.1) is 7.11 Å². The first-order valence-electron chi connectivity index (χ1n) is 8.44. The van der Waals surface area contributed by atoms with Gasteiger partial charge in [-0.2, -0.15) is 0 Å². The Balaban J connectivity index is 1.81. The number of aromatic nitrogens is 1. The monoisotopic (exact) mass is 391 g/mol. The van der Waals surface area contributed by atoms with Crippen LogP contribution in [0.25, 0.3) is 0 Å². The fourth-order valence-electron chi connectivity index (χ4n) is 2.35. The first kappa shape index (κ1) is 20.7. The molecule has 1 aromatic heterocycles. The van der Waals surface area contributed by atoms with Gasteiger partial charge in [-0.05, 0) is 30.7 Å². The van der Waals surface area contributed by atoms with Crippen LogP contribution in [0.5, 0.6) is 5.75 Å². The lowest BCUT2D eigenvalue weighted by Gasteiger charge is -2.14. The van der Waals surface area contributed by atoms with Crippen LogP contribution < -0.4 is 20.1 Å². The fraction of sp³-hybridized carbons (Fsp3) is 0.333. The number of aryl methyl sites for hydroxylation is 1. The van der Waals surface area contributed by atoms with Gasteiger partial charge in [0, 0.05) is 44.6 Å². The van der Waals surface area contributed by atoms with E-state index < -0.39 is 10.0 Å². The van der Waals surface area contributed by atoms with E-state index in [-0.39, 0.29) is 11.4 Å². The highest BCUT2D eigenvalue weighted by molar-refractivity contribution is 7.89. The summed E-state index contributed by atoms with van der Waals surface area (Å²) in [6.07, 6.45) is 2.84. The smallest absolute Gasteiger partial charge is 0.242 e. The molecule has 1 aromatic carbocycles. The molecule has 0 atom stereocenters. The molecule has 0 amide bonds. The van der Waals surface area contributed by atoms with Crippen LogP contribution in [0.3, 0.4) is 0 Å². The van der Waals surface area contributed by atoms with Gasteiger partial charge in [-0.25, -0.2) is 13.1 Å². The van der Waals surface area contributed by atoms with Crippen molar-refractivity contribution in [2.45, 2.75) is 18.4 Å². The molecule has 2 rings (SSSR count). The summed E-state index contributed by atoms with van der Waals surface area (Å²) < 4.78 is 32.1. The van der Waals surface area contributed by atoms with E-state index in [1.54, 1.807) is 20.2 Å². The number of methoxy groups -OCH3 is 1. The molecular weight excluding hydrogens is 366 g/mol. The number of pyridine rings is 1. The molecule has 146 valence electrons. The van der Waals surface area contributed by atoms with E-state index in [4.69, 9.17) is 4.74 Å². The summed E-state index contributed by atoms with van der Waals surface area (Å²) in [6, 6.07) is 9.07. The molecule has 0 unspecified atom stereocenters. The zero-order valence-electron chi connectivity index (χ0n) is 15.7. The molecule has 2 aromatic rings. The number of rotatable bonds is 8. The summed E-state index contributed by atoms with van der Waals surface area (Å²) in [5.41, 5.74) is 2.13. The average Bonchev–Trinajstić information content (AvgIpc) is 2.68. The second-order valence-electron chi connectivity index (χ2n) is 5.75. The van der Waals surface area contributed by atoms with E-state index in [0.717, 1.165) is 16.9 Å². The molecule has 0 aliphatic heterocycles. The van der Waals surface area contributed by atoms with Crippen LogP contribution in [0.2, 0.25) is 0 Å². The summed E-state index contributed by atoms with van der Waals surface area (Å²) in [5, 5.41) is 6.25. The fourth-order valence-corrected chi connectivity index (χ4v) is 3.35. The molecule has 0 aliphatic rings. The lowest BCUT2D eigenvalue weighted by molar-refractivity contribution is 0.408. The molecule has 3 N–H and O–H groups in total. The van der Waals surface area contributed by atoms with Crippen molar-refractivity contribution < 1.29 is 13.2 Å². The van der Waals surface area contributed by atoms with Gasteiger partial charge in [-0.3, -0.25) is 9.98 Å². The summed E-state index contributed by atoms with van der Waals surface area (Å²) >= 11 is 0. The van der Waals surface area contributed by atoms with Crippen molar-refractivity contribution in [2.24, 2.45) is 4.99 Å². The van der Waals surface area contributed by atoms with Crippen LogP contribution >= 0.6 is 0 Å². The van der Waals surface area contributed by atoms with Crippen LogP contribution in [0.15, 0.2) is 52.6 Å². The Kier molecular flexibility index (Phi) is 7.56. The third-order valence-electron chi connectivity index (χ3n) is 3.77. The highest BCUT2D eigenvalue weighted by Crippen LogP contribution is 2.19. The van der Waals surface area contributed by atoms with Crippen molar-refractivity contribution in [3.8, 4) is 5.75 Å². The normalized spacial score (nSPS) is 11.9. The van der Waals surface area contributed by atoms with Gasteiger partial charge in [0.1, 0.15) is 10.6 Å². The van der Waals surface area contributed by atoms with Gasteiger partial charge in [-0.15, -0.1) is 0 Å². The minimum absolute atomic E-state index is 0.138. The highest BCUT2D eigenvalue weighted by Gasteiger charge is 2.12. The van der Waals surface area contributed by atoms with Crippen LogP contribution in [0.4, 0.5) is 0 Å². The number of hydrogen-bond acceptors (Lipinski definition) is 5. The van der Waals surface area contributed by atoms with Crippen LogP contribution in [-0.2, 0) is 16.6 Å². The third-order valence-corrected chi connectivity index (χ3v) is 5.21. The molecule has 0 aliphatic carbocycles. The van der Waals surface area contributed by atoms with Crippen LogP contribution in [0.1, 0.15) is 11.1 Å². The Bertz CT molecular complexity index is 870. The number of ether oxygens (including phenoxy) is 1. The van der Waals surface area contributed by atoms with Crippen LogP contribution in [0, 0.1) is 6.92 Å². The predicted octanol–water partition coefficient (Wildman–Crippen LogP) is 1.04. The van der Waals surface area contributed by atoms with Gasteiger partial charge >= 0.3 is 0 Å². The summed E-state index contributed by atoms with van der Waals surface area (Å²) in [7, 11) is -0.270. The van der Waals surface area contributed by atoms with Crippen molar-refractivity contribution >= 4 is 16.0 Å². The number of aliphatic imine (C=N–C) groups is 1. The molecule has 0 saturated carbocycles. The summed E-state index contributed by atoms with van der Waals surface area (Å²) in [5.74, 6) is 1.38. The minimum Gasteiger partial charge on any atom is -0.496 e. The number of guanidine groups is 1. The summed E-state index contributed by atoms with van der Waals surface area (Å²) in [6.45, 7) is 3.13. The second-order valence-corrected chi connectivity index (χ2v) is 7.52. The maximum Gasteiger partial charge on any atom is 0.242 e. The van der Waals surface area contributed by atoms with Gasteiger partial charge in [0.15, 0.2) is 5.96 Å². The first-order chi connectivity index (χ1) is 13.0. The Morgan fingerprint density at radius 2 is 2.04 bits per heavy atom. The van der Waals surface area contributed by atoms with E-state index in [9.17, 15) is 8.42 Å². The van der Waals surface area contributed by atoms with E-state index in [1.807, 2.05) is 25.1 Å². The number of nitrogens with one attached hydrogen (secondary N) is 3. The zero-order chi connectivity index (χ0) is 19.7. The van der Waals surface area contributed by atoms with Crippen molar-refractivity contribution in [1.29, 1.82) is 0 Å². The lowest BCUT2D eigenvalue weighted by atomic mass is 10.1. The molecule has 0 saturated heterocycles. The predicted molar refractivity (Wildman–Crippen MR) is 105 cm³/mol. The van der Waals surface area contributed by atoms with Gasteiger partial charge in [0.2, 0.25) is 10.0 Å². The highest BCUT2D eigenvalue weighted by atomic mass is 32.2. The molecule has 0 fully saturated rings. The van der Waals surface area contributed by atoms with Gasteiger partial charge < -0.3 is 15.4 Å². The molecule has 8 nitrogen and oxygen atoms in total. The topological polar surface area (TPSA) is 105 Å². The SMILES string of the molecule is CN=C(NCCNS(=O)(=O)c1cccnc1)NCc1ccc(C)cc1OC. The second kappa shape index (κ2) is 9.89. The Labute approximate surface area is 160 Å². The summed E-state index contributed by atoms with van der Waals surface area (Å²) in [4.78, 5) is 8.09. The maximum absolute atomic E-state index is 12.1. The maximum atomic E-state index is 12.1. The van der Waals surface area contributed by atoms with E-state index in [1.165, 1.54) is 18.5 Å². The van der Waals surface area contributed by atoms with E-state index in [2.05, 4.69) is 25.3 Å². The third kappa shape index (κ3) is 6.22. The number of hydrogen-bond donors (Lipinski definition) is 3. The molecular formula is C18H25N5O3S. The van der Waals surface area contributed by atoms with Crippen molar-refractivity contribution in [2.75, 3.05) is 27.2 Å². The number of nitrogens with zero attached hydrogens (tertiary/aromatic N) is 2. The molecule has 1 heterocycles. The zero-order valence-corrected chi connectivity index (χ0v) is 16.5. The molecule has 0 spiro atoms. The van der Waals surface area contributed by atoms with Crippen molar-refractivity contribution in [3.05, 3.63) is 53.9 Å². The van der Waals surface area contributed by atoms with E-state index in [0.29, 0.717) is 19.0 Å². The Morgan fingerprint density at radius 3 is 2.70 bits per heavy atom. The standard InChI is InChI=1S/C18H25N5O3S/c1-14-6-7-15(17(11-14)26-3)12-22-18(19-2)21-9-10-23-27(24,25)16-5-4-8-20-13-16/h4-8,11,13,23H,9-10,12H2,1-3H3,(H2,19,21,22). The average molecular weight is 391 g/mol. The molecule has 9 heteroatoms. The molecule has 0 radical (unpaired) electrons. The van der Waals surface area contributed by atoms with Crippen molar-refractivity contribution in [1.82, 2.24) is 20.3 Å². The van der Waals surface area contributed by atoms with Crippen LogP contribution in [-0.4, -0.2) is 46.6 Å². The number of benzene rings is 1. The first-order valence-corrected chi connectivity index (χ1v) is 9.92. The molecule has 0 bridgehead atoms. The Hall–Kier alpha value is -2.65. The largest absolute Gasteiger partial charge is 0.496 e. The van der Waals surface area contributed by atoms with Gasteiger partial charge in [-0.1, -0.05) is 12.1 Å². The van der Waals surface area contributed by atoms with Crippen molar-refractivity contribution in [3.63, 3.8) is 0 Å². The number of sulfonamides is 1. The quantitative estimate of drug-likeness (QED) is 0.353.